The molecule has 0 aliphatic rings. The minimum absolute atomic E-state index is 0.202. The van der Waals surface area contributed by atoms with Crippen LogP contribution < -0.4 is 0 Å². The van der Waals surface area contributed by atoms with E-state index < -0.39 is 22.9 Å². The van der Waals surface area contributed by atoms with Crippen molar-refractivity contribution >= 4 is 28.0 Å². The molecule has 0 aliphatic heterocycles. The molecule has 0 spiro atoms. The second-order valence-corrected chi connectivity index (χ2v) is 3.24. The van der Waals surface area contributed by atoms with Crippen LogP contribution in [0.2, 0.25) is 0 Å². The van der Waals surface area contributed by atoms with Gasteiger partial charge >= 0.3 is 12.2 Å². The van der Waals surface area contributed by atoms with Crippen LogP contribution in [0.5, 0.6) is 0 Å². The van der Waals surface area contributed by atoms with Gasteiger partial charge in [-0.15, -0.1) is 0 Å². The first-order valence-corrected chi connectivity index (χ1v) is 4.34. The van der Waals surface area contributed by atoms with Gasteiger partial charge in [-0.1, -0.05) is 0 Å². The summed E-state index contributed by atoms with van der Waals surface area (Å²) in [5, 5.41) is 10.4. The Hall–Kier alpha value is -1.44. The Morgan fingerprint density at radius 2 is 2.20 bits per heavy atom. The molecule has 1 heterocycles. The number of carbonyl (C=O) groups is 1. The summed E-state index contributed by atoms with van der Waals surface area (Å²) in [4.78, 5) is 23.1. The summed E-state index contributed by atoms with van der Waals surface area (Å²) in [5.41, 5.74) is -1.03. The van der Waals surface area contributed by atoms with Gasteiger partial charge in [0.2, 0.25) is 5.69 Å². The maximum Gasteiger partial charge on any atom is 0.379 e. The standard InChI is InChI=1S/C7H3BrF2N2O3/c8-5-3(2-13)1-4(6(9)10)11-7(5)12(14)15/h1-2,6H. The van der Waals surface area contributed by atoms with Crippen LogP contribution in [0.25, 0.3) is 0 Å². The number of alkyl halides is 2. The number of carbonyl (C=O) groups excluding carboxylic acids is 1. The molecule has 0 amide bonds. The minimum Gasteiger partial charge on any atom is -0.358 e. The second kappa shape index (κ2) is 4.39. The lowest BCUT2D eigenvalue weighted by Crippen LogP contribution is -2.01. The number of aldehydes is 1. The van der Waals surface area contributed by atoms with E-state index in [2.05, 4.69) is 20.9 Å². The summed E-state index contributed by atoms with van der Waals surface area (Å²) in [6, 6.07) is 0.800. The summed E-state index contributed by atoms with van der Waals surface area (Å²) >= 11 is 2.74. The first-order chi connectivity index (χ1) is 6.97. The van der Waals surface area contributed by atoms with Crippen LogP contribution in [0.15, 0.2) is 10.5 Å². The molecule has 0 aromatic carbocycles. The summed E-state index contributed by atoms with van der Waals surface area (Å²) in [6.07, 6.45) is -2.72. The summed E-state index contributed by atoms with van der Waals surface area (Å²) < 4.78 is 24.3. The van der Waals surface area contributed by atoms with E-state index in [9.17, 15) is 23.7 Å². The third-order valence-corrected chi connectivity index (χ3v) is 2.32. The molecule has 0 fully saturated rings. The molecule has 15 heavy (non-hydrogen) atoms. The molecule has 0 unspecified atom stereocenters. The maximum absolute atomic E-state index is 12.2. The van der Waals surface area contributed by atoms with E-state index in [1.54, 1.807) is 0 Å². The highest BCUT2D eigenvalue weighted by Gasteiger charge is 2.24. The number of hydrogen-bond donors (Lipinski definition) is 0. The molecule has 8 heteroatoms. The molecule has 0 saturated carbocycles. The third-order valence-electron chi connectivity index (χ3n) is 1.51. The quantitative estimate of drug-likeness (QED) is 0.484. The molecule has 1 rings (SSSR count). The summed E-state index contributed by atoms with van der Waals surface area (Å²) in [6.45, 7) is 0. The topological polar surface area (TPSA) is 73.1 Å². The van der Waals surface area contributed by atoms with Gasteiger partial charge < -0.3 is 10.1 Å². The number of nitrogens with zero attached hydrogens (tertiary/aromatic N) is 2. The predicted octanol–water partition coefficient (Wildman–Crippen LogP) is 2.50. The fourth-order valence-corrected chi connectivity index (χ4v) is 1.32. The van der Waals surface area contributed by atoms with Gasteiger partial charge in [-0.2, -0.15) is 0 Å². The molecular weight excluding hydrogens is 278 g/mol. The molecule has 1 aromatic heterocycles. The number of halogens is 3. The van der Waals surface area contributed by atoms with Crippen molar-refractivity contribution in [3.63, 3.8) is 0 Å². The van der Waals surface area contributed by atoms with Crippen LogP contribution in [0.4, 0.5) is 14.6 Å². The van der Waals surface area contributed by atoms with Gasteiger partial charge in [-0.3, -0.25) is 4.79 Å². The number of rotatable bonds is 3. The highest BCUT2D eigenvalue weighted by molar-refractivity contribution is 9.10. The van der Waals surface area contributed by atoms with Crippen LogP contribution in [0, 0.1) is 10.1 Å². The monoisotopic (exact) mass is 280 g/mol. The molecule has 0 radical (unpaired) electrons. The van der Waals surface area contributed by atoms with E-state index >= 15 is 0 Å². The van der Waals surface area contributed by atoms with Gasteiger partial charge in [0.05, 0.1) is 0 Å². The van der Waals surface area contributed by atoms with E-state index in [0.29, 0.717) is 0 Å². The van der Waals surface area contributed by atoms with Crippen molar-refractivity contribution in [2.24, 2.45) is 0 Å². The van der Waals surface area contributed by atoms with Crippen molar-refractivity contribution in [1.29, 1.82) is 0 Å². The highest BCUT2D eigenvalue weighted by Crippen LogP contribution is 2.29. The average molecular weight is 281 g/mol. The van der Waals surface area contributed by atoms with Crippen molar-refractivity contribution in [1.82, 2.24) is 4.98 Å². The van der Waals surface area contributed by atoms with Crippen molar-refractivity contribution in [3.05, 3.63) is 31.9 Å². The second-order valence-electron chi connectivity index (χ2n) is 2.45. The Morgan fingerprint density at radius 1 is 1.60 bits per heavy atom. The van der Waals surface area contributed by atoms with E-state index in [0.717, 1.165) is 6.07 Å². The van der Waals surface area contributed by atoms with Crippen molar-refractivity contribution in [2.75, 3.05) is 0 Å². The number of aromatic nitrogens is 1. The maximum atomic E-state index is 12.2. The largest absolute Gasteiger partial charge is 0.379 e. The zero-order valence-corrected chi connectivity index (χ0v) is 8.57. The lowest BCUT2D eigenvalue weighted by Gasteiger charge is -2.00. The molecule has 0 bridgehead atoms. The van der Waals surface area contributed by atoms with Gasteiger partial charge in [-0.25, -0.2) is 8.78 Å². The molecule has 0 saturated heterocycles. The first kappa shape index (κ1) is 11.6. The van der Waals surface area contributed by atoms with Crippen LogP contribution >= 0.6 is 15.9 Å². The van der Waals surface area contributed by atoms with Crippen LogP contribution in [-0.2, 0) is 0 Å². The number of hydrogen-bond acceptors (Lipinski definition) is 4. The van der Waals surface area contributed by atoms with Gasteiger partial charge in [0, 0.05) is 11.6 Å². The summed E-state index contributed by atoms with van der Waals surface area (Å²) in [5.74, 6) is -0.796. The van der Waals surface area contributed by atoms with Crippen LogP contribution in [0.3, 0.4) is 0 Å². The fourth-order valence-electron chi connectivity index (χ4n) is 0.874. The van der Waals surface area contributed by atoms with E-state index in [4.69, 9.17) is 0 Å². The molecule has 0 aliphatic carbocycles. The van der Waals surface area contributed by atoms with E-state index in [-0.39, 0.29) is 16.3 Å². The SMILES string of the molecule is O=Cc1cc(C(F)F)nc([N+](=O)[O-])c1Br. The Morgan fingerprint density at radius 3 is 2.60 bits per heavy atom. The Bertz CT molecular complexity index is 425. The molecule has 1 aromatic rings. The third kappa shape index (κ3) is 2.32. The Balaban J connectivity index is 3.45. The predicted molar refractivity (Wildman–Crippen MR) is 48.9 cm³/mol. The van der Waals surface area contributed by atoms with Gasteiger partial charge in [0.25, 0.3) is 0 Å². The smallest absolute Gasteiger partial charge is 0.358 e. The molecule has 5 nitrogen and oxygen atoms in total. The molecule has 0 N–H and O–H groups in total. The van der Waals surface area contributed by atoms with E-state index in [1.807, 2.05) is 0 Å². The van der Waals surface area contributed by atoms with Crippen molar-refractivity contribution in [3.8, 4) is 0 Å². The zero-order chi connectivity index (χ0) is 11.6. The van der Waals surface area contributed by atoms with Crippen LogP contribution in [-0.4, -0.2) is 16.2 Å². The Kier molecular flexibility index (Phi) is 3.40. The molecule has 80 valence electrons. The molecule has 0 atom stereocenters. The number of nitro groups is 1. The van der Waals surface area contributed by atoms with Gasteiger partial charge in [-0.05, 0) is 25.8 Å². The fraction of sp³-hybridized carbons (Fsp3) is 0.143. The number of pyridine rings is 1. The van der Waals surface area contributed by atoms with Crippen LogP contribution in [0.1, 0.15) is 22.5 Å². The van der Waals surface area contributed by atoms with Gasteiger partial charge in [0.15, 0.2) is 6.29 Å². The molecular formula is C7H3BrF2N2O3. The Labute approximate surface area is 90.4 Å². The lowest BCUT2D eigenvalue weighted by molar-refractivity contribution is -0.390. The van der Waals surface area contributed by atoms with Crippen molar-refractivity contribution in [2.45, 2.75) is 6.43 Å². The summed E-state index contributed by atoms with van der Waals surface area (Å²) in [7, 11) is 0. The van der Waals surface area contributed by atoms with Gasteiger partial charge in [0.1, 0.15) is 4.47 Å². The minimum atomic E-state index is -2.96. The zero-order valence-electron chi connectivity index (χ0n) is 6.99. The lowest BCUT2D eigenvalue weighted by atomic mass is 10.2. The normalized spacial score (nSPS) is 10.4. The highest BCUT2D eigenvalue weighted by atomic mass is 79.9. The average Bonchev–Trinajstić information content (AvgIpc) is 2.17. The van der Waals surface area contributed by atoms with Crippen molar-refractivity contribution < 1.29 is 18.5 Å². The first-order valence-electron chi connectivity index (χ1n) is 3.55. The van der Waals surface area contributed by atoms with E-state index in [1.165, 1.54) is 0 Å².